The Kier molecular flexibility index (Phi) is 6.83. The second-order valence-corrected chi connectivity index (χ2v) is 8.11. The van der Waals surface area contributed by atoms with Crippen molar-refractivity contribution in [3.05, 3.63) is 35.4 Å². The molecule has 6 heteroatoms. The molecule has 1 aromatic rings. The number of benzene rings is 1. The summed E-state index contributed by atoms with van der Waals surface area (Å²) >= 11 is 0. The van der Waals surface area contributed by atoms with E-state index in [1.54, 1.807) is 24.3 Å². The van der Waals surface area contributed by atoms with E-state index in [0.717, 1.165) is 51.4 Å². The summed E-state index contributed by atoms with van der Waals surface area (Å²) in [5.41, 5.74) is 1.03. The predicted molar refractivity (Wildman–Crippen MR) is 106 cm³/mol. The summed E-state index contributed by atoms with van der Waals surface area (Å²) in [6, 6.07) is 7.82. The van der Waals surface area contributed by atoms with Crippen LogP contribution in [0.2, 0.25) is 0 Å². The zero-order chi connectivity index (χ0) is 20.1. The van der Waals surface area contributed by atoms with Crippen LogP contribution in [-0.4, -0.2) is 46.4 Å². The first-order chi connectivity index (χ1) is 13.5. The molecule has 0 bridgehead atoms. The summed E-state index contributed by atoms with van der Waals surface area (Å²) in [5.74, 6) is -1.18. The van der Waals surface area contributed by atoms with Gasteiger partial charge in [-0.2, -0.15) is 0 Å². The minimum atomic E-state index is -0.662. The van der Waals surface area contributed by atoms with Crippen molar-refractivity contribution in [2.24, 2.45) is 5.92 Å². The van der Waals surface area contributed by atoms with Crippen molar-refractivity contribution in [1.29, 1.82) is 0 Å². The molecule has 2 amide bonds. The van der Waals surface area contributed by atoms with Crippen molar-refractivity contribution >= 4 is 17.8 Å². The van der Waals surface area contributed by atoms with Crippen molar-refractivity contribution in [3.8, 4) is 0 Å². The molecule has 28 heavy (non-hydrogen) atoms. The lowest BCUT2D eigenvalue weighted by Gasteiger charge is -2.29. The van der Waals surface area contributed by atoms with Crippen molar-refractivity contribution in [2.75, 3.05) is 6.54 Å². The highest BCUT2D eigenvalue weighted by molar-refractivity contribution is 6.21. The van der Waals surface area contributed by atoms with E-state index >= 15 is 0 Å². The molecule has 152 valence electrons. The van der Waals surface area contributed by atoms with Crippen LogP contribution in [0.15, 0.2) is 24.3 Å². The molecule has 1 aromatic carbocycles. The molecular weight excluding hydrogens is 356 g/mol. The van der Waals surface area contributed by atoms with Crippen molar-refractivity contribution in [1.82, 2.24) is 10.2 Å². The first-order valence-corrected chi connectivity index (χ1v) is 10.4. The van der Waals surface area contributed by atoms with Gasteiger partial charge in [-0.15, -0.1) is 0 Å². The fraction of sp³-hybridized carbons (Fsp3) is 0.591. The zero-order valence-electron chi connectivity index (χ0n) is 16.5. The summed E-state index contributed by atoms with van der Waals surface area (Å²) in [6.45, 7) is 2.65. The third-order valence-electron chi connectivity index (χ3n) is 5.99. The lowest BCUT2D eigenvalue weighted by atomic mass is 9.86. The number of carboxylic acid groups (broad SMARTS) is 1. The van der Waals surface area contributed by atoms with Crippen LogP contribution in [0.1, 0.15) is 79.0 Å². The van der Waals surface area contributed by atoms with Crippen LogP contribution in [0.25, 0.3) is 0 Å². The number of hydrogen-bond donors (Lipinski definition) is 2. The average Bonchev–Trinajstić information content (AvgIpc) is 2.93. The van der Waals surface area contributed by atoms with Gasteiger partial charge in [-0.3, -0.25) is 19.3 Å². The smallest absolute Gasteiger partial charge is 0.306 e. The normalized spacial score (nSPS) is 23.0. The number of nitrogens with zero attached hydrogens (tertiary/aromatic N) is 1. The van der Waals surface area contributed by atoms with E-state index in [-0.39, 0.29) is 17.7 Å². The van der Waals surface area contributed by atoms with E-state index in [1.807, 2.05) is 0 Å². The van der Waals surface area contributed by atoms with Gasteiger partial charge in [0.25, 0.3) is 11.8 Å². The molecule has 1 aliphatic heterocycles. The maximum absolute atomic E-state index is 12.3. The molecule has 1 unspecified atom stereocenters. The third-order valence-corrected chi connectivity index (χ3v) is 5.99. The van der Waals surface area contributed by atoms with Crippen LogP contribution >= 0.6 is 0 Å². The molecule has 1 heterocycles. The molecule has 0 radical (unpaired) electrons. The molecule has 3 rings (SSSR count). The first-order valence-electron chi connectivity index (χ1n) is 10.4. The Hall–Kier alpha value is -2.21. The number of imide groups is 1. The number of nitrogens with one attached hydrogen (secondary N) is 1. The Morgan fingerprint density at radius 3 is 2.25 bits per heavy atom. The highest BCUT2D eigenvalue weighted by Gasteiger charge is 2.34. The van der Waals surface area contributed by atoms with Crippen LogP contribution in [0.5, 0.6) is 0 Å². The number of unbranched alkanes of at least 4 members (excludes halogenated alkanes) is 2. The number of fused-ring (bicyclic) bond motifs is 1. The highest BCUT2D eigenvalue weighted by Crippen LogP contribution is 2.25. The quantitative estimate of drug-likeness (QED) is 0.501. The molecule has 1 fully saturated rings. The van der Waals surface area contributed by atoms with Gasteiger partial charge in [0.05, 0.1) is 17.0 Å². The average molecular weight is 386 g/mol. The van der Waals surface area contributed by atoms with Gasteiger partial charge in [0.2, 0.25) is 0 Å². The number of carbonyl (C=O) groups is 3. The topological polar surface area (TPSA) is 86.7 Å². The van der Waals surface area contributed by atoms with Crippen molar-refractivity contribution in [3.63, 3.8) is 0 Å². The number of carbonyl (C=O) groups excluding carboxylic acids is 2. The van der Waals surface area contributed by atoms with Gasteiger partial charge < -0.3 is 10.4 Å². The Morgan fingerprint density at radius 2 is 1.68 bits per heavy atom. The predicted octanol–water partition coefficient (Wildman–Crippen LogP) is 3.46. The summed E-state index contributed by atoms with van der Waals surface area (Å²) in [6.07, 6.45) is 7.28. The lowest BCUT2D eigenvalue weighted by molar-refractivity contribution is -0.142. The first kappa shape index (κ1) is 20.5. The number of hydrogen-bond acceptors (Lipinski definition) is 4. The van der Waals surface area contributed by atoms with E-state index in [0.29, 0.717) is 29.8 Å². The standard InChI is InChI=1S/C22H30N2O4/c1-15(23-17-12-10-16(11-13-17)22(27)28)7-3-2-6-14-24-20(25)18-8-4-5-9-19(18)21(24)26/h4-5,8-9,15-17,23H,2-3,6-7,10-14H2,1H3,(H,27,28). The molecule has 1 atom stereocenters. The summed E-state index contributed by atoms with van der Waals surface area (Å²) in [7, 11) is 0. The van der Waals surface area contributed by atoms with Gasteiger partial charge in [0.15, 0.2) is 0 Å². The SMILES string of the molecule is CC(CCCCCN1C(=O)c2ccccc2C1=O)NC1CCC(C(=O)O)CC1. The molecule has 0 aromatic heterocycles. The Labute approximate surface area is 166 Å². The largest absolute Gasteiger partial charge is 0.481 e. The number of rotatable bonds is 9. The van der Waals surface area contributed by atoms with Gasteiger partial charge in [0.1, 0.15) is 0 Å². The molecular formula is C22H30N2O4. The van der Waals surface area contributed by atoms with E-state index in [1.165, 1.54) is 4.90 Å². The van der Waals surface area contributed by atoms with E-state index in [2.05, 4.69) is 12.2 Å². The Morgan fingerprint density at radius 1 is 1.07 bits per heavy atom. The van der Waals surface area contributed by atoms with E-state index in [4.69, 9.17) is 5.11 Å². The van der Waals surface area contributed by atoms with E-state index in [9.17, 15) is 14.4 Å². The van der Waals surface area contributed by atoms with Crippen LogP contribution in [0.3, 0.4) is 0 Å². The Bertz CT molecular complexity index is 690. The second kappa shape index (κ2) is 9.32. The van der Waals surface area contributed by atoms with Crippen LogP contribution < -0.4 is 5.32 Å². The maximum atomic E-state index is 12.3. The summed E-state index contributed by atoms with van der Waals surface area (Å²) in [4.78, 5) is 37.0. The summed E-state index contributed by atoms with van der Waals surface area (Å²) in [5, 5.41) is 12.7. The van der Waals surface area contributed by atoms with Crippen LogP contribution in [0.4, 0.5) is 0 Å². The van der Waals surface area contributed by atoms with Gasteiger partial charge in [-0.1, -0.05) is 25.0 Å². The molecule has 2 N–H and O–H groups in total. The molecule has 0 saturated heterocycles. The minimum Gasteiger partial charge on any atom is -0.481 e. The van der Waals surface area contributed by atoms with Crippen LogP contribution in [0, 0.1) is 5.92 Å². The number of carboxylic acids is 1. The molecule has 0 spiro atoms. The summed E-state index contributed by atoms with van der Waals surface area (Å²) < 4.78 is 0. The fourth-order valence-corrected chi connectivity index (χ4v) is 4.33. The molecule has 1 aliphatic carbocycles. The number of aliphatic carboxylic acids is 1. The second-order valence-electron chi connectivity index (χ2n) is 8.11. The van der Waals surface area contributed by atoms with Gasteiger partial charge in [-0.25, -0.2) is 0 Å². The van der Waals surface area contributed by atoms with Gasteiger partial charge in [0, 0.05) is 18.6 Å². The minimum absolute atomic E-state index is 0.171. The Balaban J connectivity index is 1.31. The lowest BCUT2D eigenvalue weighted by Crippen LogP contribution is -2.40. The number of amides is 2. The van der Waals surface area contributed by atoms with Crippen molar-refractivity contribution in [2.45, 2.75) is 70.4 Å². The monoisotopic (exact) mass is 386 g/mol. The molecule has 2 aliphatic rings. The zero-order valence-corrected chi connectivity index (χ0v) is 16.5. The maximum Gasteiger partial charge on any atom is 0.306 e. The van der Waals surface area contributed by atoms with E-state index < -0.39 is 5.97 Å². The van der Waals surface area contributed by atoms with Gasteiger partial charge >= 0.3 is 5.97 Å². The molecule has 1 saturated carbocycles. The highest BCUT2D eigenvalue weighted by atomic mass is 16.4. The van der Waals surface area contributed by atoms with Gasteiger partial charge in [-0.05, 0) is 57.6 Å². The van der Waals surface area contributed by atoms with Crippen LogP contribution in [-0.2, 0) is 4.79 Å². The van der Waals surface area contributed by atoms with Crippen molar-refractivity contribution < 1.29 is 19.5 Å². The third kappa shape index (κ3) is 4.79. The fourth-order valence-electron chi connectivity index (χ4n) is 4.33. The molecule has 6 nitrogen and oxygen atoms in total.